The van der Waals surface area contributed by atoms with E-state index in [4.69, 9.17) is 14.0 Å². The average Bonchev–Trinajstić information content (AvgIpc) is 2.82. The largest absolute Gasteiger partial charge is 0.462 e. The molecule has 11 nitrogen and oxygen atoms in total. The molecule has 1 fully saturated rings. The van der Waals surface area contributed by atoms with E-state index in [0.29, 0.717) is 0 Å². The first-order valence-electron chi connectivity index (χ1n) is 8.86. The number of ether oxygens (including phenoxy) is 2. The van der Waals surface area contributed by atoms with Gasteiger partial charge in [-0.15, -0.1) is 0 Å². The average molecular weight is 437 g/mol. The lowest BCUT2D eigenvalue weighted by Gasteiger charge is -2.24. The molecule has 1 aliphatic heterocycles. The minimum Gasteiger partial charge on any atom is -0.462 e. The van der Waals surface area contributed by atoms with Gasteiger partial charge < -0.3 is 24.0 Å². The maximum atomic E-state index is 15.0. The summed E-state index contributed by atoms with van der Waals surface area (Å²) in [5.74, 6) is -0.587. The molecule has 0 amide bonds. The SMILES string of the molecule is CC(C)OC(=O)[C@H](C)NP(O)OC[C@H]1O[C@@H](n2ccc(=O)[nH]c2=O)[C@](C)(F)[C@@H]1O. The summed E-state index contributed by atoms with van der Waals surface area (Å²) in [6.45, 7) is 5.46. The molecule has 2 rings (SSSR count). The molecule has 1 aliphatic rings. The Morgan fingerprint density at radius 1 is 1.48 bits per heavy atom. The van der Waals surface area contributed by atoms with Gasteiger partial charge in [-0.2, -0.15) is 0 Å². The van der Waals surface area contributed by atoms with Gasteiger partial charge >= 0.3 is 11.7 Å². The molecule has 2 heterocycles. The topological polar surface area (TPSA) is 152 Å². The summed E-state index contributed by atoms with van der Waals surface area (Å²) < 4.78 is 31.4. The van der Waals surface area contributed by atoms with Crippen molar-refractivity contribution in [2.75, 3.05) is 6.61 Å². The Bertz CT molecular complexity index is 829. The van der Waals surface area contributed by atoms with Crippen LogP contribution >= 0.6 is 8.53 Å². The second-order valence-corrected chi connectivity index (χ2v) is 8.11. The smallest absolute Gasteiger partial charge is 0.330 e. The van der Waals surface area contributed by atoms with E-state index in [2.05, 4.69) is 5.09 Å². The van der Waals surface area contributed by atoms with E-state index in [1.54, 1.807) is 13.8 Å². The lowest BCUT2D eigenvalue weighted by Crippen LogP contribution is -2.43. The maximum absolute atomic E-state index is 15.0. The van der Waals surface area contributed by atoms with Gasteiger partial charge in [0, 0.05) is 12.3 Å². The van der Waals surface area contributed by atoms with Gasteiger partial charge in [0.15, 0.2) is 11.9 Å². The molecule has 29 heavy (non-hydrogen) atoms. The molecule has 0 aliphatic carbocycles. The van der Waals surface area contributed by atoms with Gasteiger partial charge in [-0.05, 0) is 27.7 Å². The van der Waals surface area contributed by atoms with Crippen molar-refractivity contribution >= 4 is 14.5 Å². The van der Waals surface area contributed by atoms with Crippen LogP contribution in [0.2, 0.25) is 0 Å². The number of nitrogens with one attached hydrogen (secondary N) is 2. The van der Waals surface area contributed by atoms with E-state index >= 15 is 4.39 Å². The number of rotatable bonds is 8. The molecule has 13 heteroatoms. The Morgan fingerprint density at radius 3 is 2.72 bits per heavy atom. The van der Waals surface area contributed by atoms with Crippen LogP contribution in [0.25, 0.3) is 0 Å². The van der Waals surface area contributed by atoms with Crippen LogP contribution in [-0.4, -0.2) is 62.1 Å². The number of aliphatic hydroxyl groups excluding tert-OH is 1. The number of nitrogens with zero attached hydrogens (tertiary/aromatic N) is 1. The lowest BCUT2D eigenvalue weighted by atomic mass is 9.98. The van der Waals surface area contributed by atoms with Gasteiger partial charge in [0.25, 0.3) is 14.1 Å². The zero-order valence-corrected chi connectivity index (χ0v) is 17.3. The molecule has 0 bridgehead atoms. The number of aromatic nitrogens is 2. The second-order valence-electron chi connectivity index (χ2n) is 7.05. The lowest BCUT2D eigenvalue weighted by molar-refractivity contribution is -0.149. The highest BCUT2D eigenvalue weighted by Gasteiger charge is 2.55. The number of esters is 1. The third kappa shape index (κ3) is 5.68. The predicted octanol–water partition coefficient (Wildman–Crippen LogP) is -0.311. The number of carbonyl (C=O) groups excluding carboxylic acids is 1. The number of aliphatic hydroxyl groups is 1. The summed E-state index contributed by atoms with van der Waals surface area (Å²) in [5, 5.41) is 12.7. The first-order valence-corrected chi connectivity index (χ1v) is 10.1. The van der Waals surface area contributed by atoms with E-state index in [1.807, 2.05) is 4.98 Å². The minimum absolute atomic E-state index is 0.324. The van der Waals surface area contributed by atoms with Crippen molar-refractivity contribution in [1.29, 1.82) is 0 Å². The Hall–Kier alpha value is -1.69. The summed E-state index contributed by atoms with van der Waals surface area (Å²) in [6.07, 6.45) is -3.69. The summed E-state index contributed by atoms with van der Waals surface area (Å²) in [4.78, 5) is 46.7. The van der Waals surface area contributed by atoms with Gasteiger partial charge in [0.05, 0.1) is 12.7 Å². The number of hydrogen-bond donors (Lipinski definition) is 4. The molecule has 1 unspecified atom stereocenters. The fraction of sp³-hybridized carbons (Fsp3) is 0.688. The van der Waals surface area contributed by atoms with Crippen LogP contribution in [0, 0.1) is 0 Å². The molecule has 6 atom stereocenters. The standard InChI is InChI=1S/C16H25FN3O8P/c1-8(2)27-13(23)9(3)19-29(25)26-7-10-12(22)16(4,17)14(28-10)20-6-5-11(21)18-15(20)24/h5-6,8-10,12,14,19,22,25H,7H2,1-4H3,(H,18,21,24)/t9-,10+,12+,14+,16+,29?/m0/s1. The molecule has 1 aromatic rings. The van der Waals surface area contributed by atoms with Crippen LogP contribution in [0.3, 0.4) is 0 Å². The highest BCUT2D eigenvalue weighted by atomic mass is 31.2. The number of H-pyrrole nitrogens is 1. The number of carbonyl (C=O) groups is 1. The van der Waals surface area contributed by atoms with Crippen molar-refractivity contribution in [3.63, 3.8) is 0 Å². The van der Waals surface area contributed by atoms with Crippen molar-refractivity contribution in [3.05, 3.63) is 33.1 Å². The van der Waals surface area contributed by atoms with Crippen molar-refractivity contribution in [1.82, 2.24) is 14.6 Å². The monoisotopic (exact) mass is 437 g/mol. The van der Waals surface area contributed by atoms with Crippen LogP contribution < -0.4 is 16.3 Å². The summed E-state index contributed by atoms with van der Waals surface area (Å²) in [7, 11) is -2.30. The van der Waals surface area contributed by atoms with Crippen LogP contribution in [0.15, 0.2) is 21.9 Å². The third-order valence-corrected chi connectivity index (χ3v) is 5.19. The second kappa shape index (κ2) is 9.41. The van der Waals surface area contributed by atoms with Crippen molar-refractivity contribution in [3.8, 4) is 0 Å². The van der Waals surface area contributed by atoms with Crippen molar-refractivity contribution in [2.45, 2.75) is 63.9 Å². The van der Waals surface area contributed by atoms with Crippen LogP contribution in [0.1, 0.15) is 33.9 Å². The van der Waals surface area contributed by atoms with E-state index in [0.717, 1.165) is 23.8 Å². The molecular weight excluding hydrogens is 412 g/mol. The minimum atomic E-state index is -2.38. The van der Waals surface area contributed by atoms with Crippen molar-refractivity contribution in [2.24, 2.45) is 0 Å². The van der Waals surface area contributed by atoms with E-state index < -0.39 is 62.5 Å². The van der Waals surface area contributed by atoms with Gasteiger partial charge in [0.2, 0.25) is 0 Å². The highest BCUT2D eigenvalue weighted by molar-refractivity contribution is 7.43. The zero-order chi connectivity index (χ0) is 21.9. The van der Waals surface area contributed by atoms with Gasteiger partial charge in [-0.25, -0.2) is 14.3 Å². The number of aromatic amines is 1. The quantitative estimate of drug-likeness (QED) is 0.317. The highest BCUT2D eigenvalue weighted by Crippen LogP contribution is 2.41. The Morgan fingerprint density at radius 2 is 2.14 bits per heavy atom. The molecule has 4 N–H and O–H groups in total. The summed E-state index contributed by atoms with van der Waals surface area (Å²) >= 11 is 0. The molecule has 1 saturated heterocycles. The number of halogens is 1. The molecular formula is C16H25FN3O8P. The normalized spacial score (nSPS) is 29.0. The van der Waals surface area contributed by atoms with Crippen molar-refractivity contribution < 1.29 is 33.2 Å². The van der Waals surface area contributed by atoms with Crippen LogP contribution in [-0.2, 0) is 18.8 Å². The maximum Gasteiger partial charge on any atom is 0.330 e. The van der Waals surface area contributed by atoms with Gasteiger partial charge in [0.1, 0.15) is 18.2 Å². The Kier molecular flexibility index (Phi) is 7.66. The molecule has 0 spiro atoms. The zero-order valence-electron chi connectivity index (χ0n) is 16.4. The Labute approximate surface area is 166 Å². The molecule has 0 saturated carbocycles. The van der Waals surface area contributed by atoms with Gasteiger partial charge in [-0.1, -0.05) is 0 Å². The molecule has 0 radical (unpaired) electrons. The van der Waals surface area contributed by atoms with Crippen LogP contribution in [0.4, 0.5) is 4.39 Å². The van der Waals surface area contributed by atoms with E-state index in [1.165, 1.54) is 6.92 Å². The summed E-state index contributed by atoms with van der Waals surface area (Å²) in [6, 6.07) is 0.160. The van der Waals surface area contributed by atoms with E-state index in [-0.39, 0.29) is 6.10 Å². The predicted molar refractivity (Wildman–Crippen MR) is 99.7 cm³/mol. The third-order valence-electron chi connectivity index (χ3n) is 4.19. The molecule has 164 valence electrons. The van der Waals surface area contributed by atoms with Gasteiger partial charge in [-0.3, -0.25) is 19.1 Å². The number of alkyl halides is 1. The molecule has 0 aromatic carbocycles. The van der Waals surface area contributed by atoms with Crippen LogP contribution in [0.5, 0.6) is 0 Å². The fourth-order valence-corrected chi connectivity index (χ4v) is 3.50. The fourth-order valence-electron chi connectivity index (χ4n) is 2.70. The number of hydrogen-bond acceptors (Lipinski definition) is 9. The molecule has 1 aromatic heterocycles. The first kappa shape index (κ1) is 23.6. The Balaban J connectivity index is 1.99. The first-order chi connectivity index (χ1) is 13.4. The summed E-state index contributed by atoms with van der Waals surface area (Å²) in [5.41, 5.74) is -3.94. The van der Waals surface area contributed by atoms with E-state index in [9.17, 15) is 24.4 Å².